The molecule has 0 bridgehead atoms. The van der Waals surface area contributed by atoms with Crippen molar-refractivity contribution in [1.29, 1.82) is 0 Å². The molecule has 1 spiro atoms. The Kier molecular flexibility index (Phi) is 2.96. The highest BCUT2D eigenvalue weighted by atomic mass is 32.1. The van der Waals surface area contributed by atoms with Crippen LogP contribution in [-0.4, -0.2) is 41.9 Å². The van der Waals surface area contributed by atoms with Crippen LogP contribution >= 0.6 is 11.3 Å². The minimum absolute atomic E-state index is 0.482. The van der Waals surface area contributed by atoms with E-state index in [0.29, 0.717) is 23.0 Å². The van der Waals surface area contributed by atoms with Crippen molar-refractivity contribution >= 4 is 35.0 Å². The van der Waals surface area contributed by atoms with E-state index in [1.807, 2.05) is 6.07 Å². The van der Waals surface area contributed by atoms with Gasteiger partial charge in [-0.2, -0.15) is 9.58 Å². The third-order valence-corrected chi connectivity index (χ3v) is 4.32. The summed E-state index contributed by atoms with van der Waals surface area (Å²) in [6.07, 6.45) is 0.790. The zero-order valence-corrected chi connectivity index (χ0v) is 11.0. The zero-order chi connectivity index (χ0) is 11.7. The number of morpholine rings is 1. The number of hydrogen-bond acceptors (Lipinski definition) is 5. The first-order chi connectivity index (χ1) is 8.28. The van der Waals surface area contributed by atoms with Crippen LogP contribution in [0.3, 0.4) is 0 Å². The maximum atomic E-state index is 5.36. The van der Waals surface area contributed by atoms with E-state index in [1.165, 1.54) is 4.88 Å². The summed E-state index contributed by atoms with van der Waals surface area (Å²) in [5, 5.41) is 7.47. The monoisotopic (exact) mass is 267 g/mol. The van der Waals surface area contributed by atoms with Gasteiger partial charge in [-0.1, -0.05) is 11.2 Å². The lowest BCUT2D eigenvalue weighted by atomic mass is 10.3. The summed E-state index contributed by atoms with van der Waals surface area (Å²) in [4.78, 5) is 5.73. The van der Waals surface area contributed by atoms with Crippen LogP contribution in [0.4, 0.5) is 0 Å². The van der Waals surface area contributed by atoms with E-state index >= 15 is 0 Å². The Morgan fingerprint density at radius 3 is 2.94 bits per heavy atom. The van der Waals surface area contributed by atoms with Gasteiger partial charge in [-0.15, -0.1) is 11.3 Å². The van der Waals surface area contributed by atoms with Crippen LogP contribution in [0.5, 0.6) is 0 Å². The minimum atomic E-state index is 0.482. The maximum Gasteiger partial charge on any atom is 0.193 e. The molecular formula is C11H13N3OS2. The smallest absolute Gasteiger partial charge is 0.193 e. The lowest BCUT2D eigenvalue weighted by Crippen LogP contribution is -2.52. The Morgan fingerprint density at radius 2 is 2.24 bits per heavy atom. The SMILES string of the molecule is [S-]C1=NC(Cc2cccs2)=N[N+]12CCOCC2. The largest absolute Gasteiger partial charge is 0.697 e. The van der Waals surface area contributed by atoms with Crippen LogP contribution in [0, 0.1) is 0 Å². The average Bonchev–Trinajstić information content (AvgIpc) is 2.91. The zero-order valence-electron chi connectivity index (χ0n) is 9.33. The molecule has 3 heterocycles. The second-order valence-electron chi connectivity index (χ2n) is 4.15. The molecule has 0 aromatic carbocycles. The van der Waals surface area contributed by atoms with Crippen molar-refractivity contribution in [2.75, 3.05) is 26.3 Å². The van der Waals surface area contributed by atoms with Gasteiger partial charge < -0.3 is 17.4 Å². The van der Waals surface area contributed by atoms with Crippen molar-refractivity contribution in [3.63, 3.8) is 0 Å². The van der Waals surface area contributed by atoms with Gasteiger partial charge in [0.05, 0.1) is 13.2 Å². The first-order valence-corrected chi connectivity index (χ1v) is 6.90. The molecular weight excluding hydrogens is 254 g/mol. The van der Waals surface area contributed by atoms with E-state index in [4.69, 9.17) is 22.5 Å². The van der Waals surface area contributed by atoms with E-state index in [1.54, 1.807) is 11.3 Å². The predicted molar refractivity (Wildman–Crippen MR) is 71.1 cm³/mol. The molecule has 1 fully saturated rings. The van der Waals surface area contributed by atoms with Gasteiger partial charge in [0.2, 0.25) is 0 Å². The third-order valence-electron chi connectivity index (χ3n) is 3.01. The Morgan fingerprint density at radius 1 is 1.41 bits per heavy atom. The molecule has 2 aliphatic rings. The third kappa shape index (κ3) is 2.13. The van der Waals surface area contributed by atoms with Gasteiger partial charge in [0.25, 0.3) is 0 Å². The van der Waals surface area contributed by atoms with Crippen LogP contribution in [-0.2, 0) is 23.8 Å². The van der Waals surface area contributed by atoms with Gasteiger partial charge >= 0.3 is 0 Å². The molecule has 4 nitrogen and oxygen atoms in total. The summed E-state index contributed by atoms with van der Waals surface area (Å²) in [6, 6.07) is 4.15. The number of rotatable bonds is 2. The number of amidine groups is 2. The highest BCUT2D eigenvalue weighted by molar-refractivity contribution is 7.76. The second-order valence-corrected chi connectivity index (χ2v) is 5.55. The predicted octanol–water partition coefficient (Wildman–Crippen LogP) is 1.37. The van der Waals surface area contributed by atoms with Crippen molar-refractivity contribution in [3.05, 3.63) is 22.4 Å². The Bertz CT molecular complexity index is 461. The van der Waals surface area contributed by atoms with Crippen molar-refractivity contribution in [1.82, 2.24) is 0 Å². The van der Waals surface area contributed by atoms with Gasteiger partial charge in [0, 0.05) is 11.3 Å². The van der Waals surface area contributed by atoms with Crippen LogP contribution in [0.25, 0.3) is 0 Å². The molecule has 0 amide bonds. The van der Waals surface area contributed by atoms with E-state index < -0.39 is 0 Å². The van der Waals surface area contributed by atoms with Gasteiger partial charge in [-0.3, -0.25) is 0 Å². The van der Waals surface area contributed by atoms with Crippen molar-refractivity contribution in [2.45, 2.75) is 6.42 Å². The Balaban J connectivity index is 1.81. The van der Waals surface area contributed by atoms with E-state index in [2.05, 4.69) is 16.4 Å². The summed E-state index contributed by atoms with van der Waals surface area (Å²) in [5.74, 6) is 0.861. The molecule has 0 atom stereocenters. The van der Waals surface area contributed by atoms with Crippen LogP contribution < -0.4 is 0 Å². The number of ether oxygens (including phenoxy) is 1. The number of aliphatic imine (C=N–C) groups is 1. The summed E-state index contributed by atoms with van der Waals surface area (Å²) in [6.45, 7) is 3.06. The molecule has 0 saturated carbocycles. The number of quaternary nitrogens is 1. The van der Waals surface area contributed by atoms with E-state index in [9.17, 15) is 0 Å². The fraction of sp³-hybridized carbons (Fsp3) is 0.455. The molecule has 1 aromatic heterocycles. The molecule has 90 valence electrons. The quantitative estimate of drug-likeness (QED) is 0.599. The standard InChI is InChI=1S/C11H13N3OS2/c16-11-12-10(8-9-2-1-7-17-9)13-14(11)3-5-15-6-4-14/h1-2,7H,3-6,8H2. The average molecular weight is 267 g/mol. The topological polar surface area (TPSA) is 34.0 Å². The highest BCUT2D eigenvalue weighted by Gasteiger charge is 2.35. The van der Waals surface area contributed by atoms with Gasteiger partial charge in [-0.25, -0.2) is 0 Å². The van der Waals surface area contributed by atoms with Crippen LogP contribution in [0.1, 0.15) is 4.88 Å². The number of thiophene rings is 1. The summed E-state index contributed by atoms with van der Waals surface area (Å²) in [5.41, 5.74) is 0. The van der Waals surface area contributed by atoms with Gasteiger partial charge in [-0.05, 0) is 11.4 Å². The molecule has 17 heavy (non-hydrogen) atoms. The molecule has 6 heteroatoms. The molecule has 0 aliphatic carbocycles. The lowest BCUT2D eigenvalue weighted by molar-refractivity contribution is -0.851. The molecule has 1 saturated heterocycles. The van der Waals surface area contributed by atoms with Crippen molar-refractivity contribution < 1.29 is 9.33 Å². The first kappa shape index (κ1) is 11.3. The minimum Gasteiger partial charge on any atom is -0.697 e. The van der Waals surface area contributed by atoms with E-state index in [0.717, 1.165) is 25.3 Å². The number of nitrogens with zero attached hydrogens (tertiary/aromatic N) is 3. The first-order valence-electron chi connectivity index (χ1n) is 5.61. The maximum absolute atomic E-state index is 5.36. The molecule has 2 aliphatic heterocycles. The van der Waals surface area contributed by atoms with Crippen LogP contribution in [0.15, 0.2) is 27.6 Å². The summed E-state index contributed by atoms with van der Waals surface area (Å²) < 4.78 is 5.84. The highest BCUT2D eigenvalue weighted by Crippen LogP contribution is 2.21. The number of hydrogen-bond donors (Lipinski definition) is 0. The molecule has 0 N–H and O–H groups in total. The molecule has 0 unspecified atom stereocenters. The molecule has 3 rings (SSSR count). The molecule has 1 aromatic rings. The van der Waals surface area contributed by atoms with Gasteiger partial charge in [0.15, 0.2) is 5.84 Å². The second kappa shape index (κ2) is 4.45. The summed E-state index contributed by atoms with van der Waals surface area (Å²) >= 11 is 7.09. The van der Waals surface area contributed by atoms with E-state index in [-0.39, 0.29) is 0 Å². The van der Waals surface area contributed by atoms with Crippen molar-refractivity contribution in [2.24, 2.45) is 10.1 Å². The Hall–Kier alpha value is -0.820. The van der Waals surface area contributed by atoms with Crippen molar-refractivity contribution in [3.8, 4) is 0 Å². The lowest BCUT2D eigenvalue weighted by Gasteiger charge is -2.35. The Labute approximate surface area is 110 Å². The normalized spacial score (nSPS) is 22.6. The van der Waals surface area contributed by atoms with Gasteiger partial charge in [0.1, 0.15) is 18.3 Å². The summed E-state index contributed by atoms with van der Waals surface area (Å²) in [7, 11) is 0. The fourth-order valence-electron chi connectivity index (χ4n) is 2.07. The fourth-order valence-corrected chi connectivity index (χ4v) is 3.10. The molecule has 0 radical (unpaired) electrons. The van der Waals surface area contributed by atoms with Crippen LogP contribution in [0.2, 0.25) is 0 Å².